The number of ketones is 1. The number of hydrogen-bond donors (Lipinski definition) is 0. The highest BCUT2D eigenvalue weighted by molar-refractivity contribution is 6.30. The summed E-state index contributed by atoms with van der Waals surface area (Å²) in [6, 6.07) is 12.8. The van der Waals surface area contributed by atoms with E-state index in [1.807, 2.05) is 30.3 Å². The van der Waals surface area contributed by atoms with Gasteiger partial charge in [-0.2, -0.15) is 0 Å². The van der Waals surface area contributed by atoms with Gasteiger partial charge in [0, 0.05) is 11.4 Å². The van der Waals surface area contributed by atoms with Crippen LogP contribution in [0.5, 0.6) is 5.75 Å². The molecule has 0 aliphatic carbocycles. The molecule has 4 nitrogen and oxygen atoms in total. The van der Waals surface area contributed by atoms with Gasteiger partial charge in [0.2, 0.25) is 0 Å². The molecule has 0 fully saturated rings. The minimum Gasteiger partial charge on any atom is -0.496 e. The summed E-state index contributed by atoms with van der Waals surface area (Å²) in [6.07, 6.45) is 0.157. The second-order valence-corrected chi connectivity index (χ2v) is 5.59. The Bertz CT molecular complexity index is 723. The summed E-state index contributed by atoms with van der Waals surface area (Å²) in [5.74, 6) is -0.0403. The molecule has 0 saturated heterocycles. The summed E-state index contributed by atoms with van der Waals surface area (Å²) in [5, 5.41) is 0.663. The average Bonchev–Trinajstić information content (AvgIpc) is 2.60. The van der Waals surface area contributed by atoms with E-state index in [1.165, 1.54) is 7.11 Å². The van der Waals surface area contributed by atoms with Gasteiger partial charge < -0.3 is 9.47 Å². The van der Waals surface area contributed by atoms with E-state index >= 15 is 0 Å². The van der Waals surface area contributed by atoms with Crippen molar-refractivity contribution in [2.45, 2.75) is 19.8 Å². The van der Waals surface area contributed by atoms with E-state index in [2.05, 4.69) is 0 Å². The summed E-state index contributed by atoms with van der Waals surface area (Å²) in [6.45, 7) is 2.05. The van der Waals surface area contributed by atoms with Gasteiger partial charge in [-0.05, 0) is 42.3 Å². The summed E-state index contributed by atoms with van der Waals surface area (Å²) >= 11 is 5.90. The predicted octanol–water partition coefficient (Wildman–Crippen LogP) is 4.54. The van der Waals surface area contributed by atoms with Crippen LogP contribution in [0.4, 0.5) is 0 Å². The van der Waals surface area contributed by atoms with E-state index in [0.29, 0.717) is 22.9 Å². The van der Waals surface area contributed by atoms with Gasteiger partial charge in [-0.25, -0.2) is 0 Å². The Morgan fingerprint density at radius 3 is 2.29 bits per heavy atom. The summed E-state index contributed by atoms with van der Waals surface area (Å²) in [4.78, 5) is 23.7. The van der Waals surface area contributed by atoms with Crippen LogP contribution in [0, 0.1) is 0 Å². The first-order valence-corrected chi connectivity index (χ1v) is 8.05. The van der Waals surface area contributed by atoms with Crippen molar-refractivity contribution < 1.29 is 19.1 Å². The molecule has 0 spiro atoms. The topological polar surface area (TPSA) is 52.6 Å². The van der Waals surface area contributed by atoms with Crippen LogP contribution < -0.4 is 4.74 Å². The van der Waals surface area contributed by atoms with Gasteiger partial charge in [0.1, 0.15) is 5.75 Å². The van der Waals surface area contributed by atoms with Crippen LogP contribution in [0.2, 0.25) is 5.02 Å². The van der Waals surface area contributed by atoms with Crippen molar-refractivity contribution in [3.05, 3.63) is 53.1 Å². The number of carbonyl (C=O) groups is 2. The van der Waals surface area contributed by atoms with Gasteiger partial charge >= 0.3 is 5.97 Å². The van der Waals surface area contributed by atoms with Gasteiger partial charge in [0.25, 0.3) is 0 Å². The molecule has 0 radical (unpaired) electrons. The highest BCUT2D eigenvalue weighted by Crippen LogP contribution is 2.29. The van der Waals surface area contributed by atoms with Crippen molar-refractivity contribution in [1.82, 2.24) is 0 Å². The molecule has 0 heterocycles. The van der Waals surface area contributed by atoms with Gasteiger partial charge in [-0.1, -0.05) is 29.8 Å². The molecule has 0 aliphatic heterocycles. The van der Waals surface area contributed by atoms with E-state index in [9.17, 15) is 9.59 Å². The van der Waals surface area contributed by atoms with Crippen molar-refractivity contribution in [3.63, 3.8) is 0 Å². The highest BCUT2D eigenvalue weighted by atomic mass is 35.5. The van der Waals surface area contributed by atoms with Crippen LogP contribution in [0.1, 0.15) is 30.1 Å². The smallest absolute Gasteiger partial charge is 0.306 e. The maximum absolute atomic E-state index is 12.3. The maximum Gasteiger partial charge on any atom is 0.306 e. The van der Waals surface area contributed by atoms with Crippen LogP contribution in [0.15, 0.2) is 42.5 Å². The first kappa shape index (κ1) is 18.0. The number of esters is 1. The fourth-order valence-corrected chi connectivity index (χ4v) is 2.45. The molecule has 2 aromatic carbocycles. The van der Waals surface area contributed by atoms with E-state index < -0.39 is 0 Å². The minimum atomic E-state index is -0.373. The lowest BCUT2D eigenvalue weighted by Gasteiger charge is -2.10. The zero-order valence-corrected chi connectivity index (χ0v) is 14.4. The molecule has 0 atom stereocenters. The number of carbonyl (C=O) groups excluding carboxylic acids is 2. The normalized spacial score (nSPS) is 10.3. The fourth-order valence-electron chi connectivity index (χ4n) is 2.33. The van der Waals surface area contributed by atoms with Crippen LogP contribution in [-0.2, 0) is 9.53 Å². The Kier molecular flexibility index (Phi) is 6.38. The number of ether oxygens (including phenoxy) is 2. The molecular weight excluding hydrogens is 328 g/mol. The first-order chi connectivity index (χ1) is 11.5. The van der Waals surface area contributed by atoms with Crippen LogP contribution in [0.3, 0.4) is 0 Å². The number of Topliss-reactive ketones (excluding diaryl/α,β-unsaturated/α-hetero) is 1. The second kappa shape index (κ2) is 8.50. The predicted molar refractivity (Wildman–Crippen MR) is 93.6 cm³/mol. The Hall–Kier alpha value is -2.33. The lowest BCUT2D eigenvalue weighted by molar-refractivity contribution is -0.143. The van der Waals surface area contributed by atoms with Crippen molar-refractivity contribution in [2.75, 3.05) is 13.7 Å². The van der Waals surface area contributed by atoms with E-state index in [-0.39, 0.29) is 24.6 Å². The van der Waals surface area contributed by atoms with Gasteiger partial charge in [0.15, 0.2) is 5.78 Å². The number of hydrogen-bond acceptors (Lipinski definition) is 4. The van der Waals surface area contributed by atoms with Gasteiger partial charge in [-0.3, -0.25) is 9.59 Å². The van der Waals surface area contributed by atoms with E-state index in [0.717, 1.165) is 11.1 Å². The molecule has 5 heteroatoms. The molecule has 126 valence electrons. The minimum absolute atomic E-state index is 0.0642. The van der Waals surface area contributed by atoms with E-state index in [4.69, 9.17) is 21.1 Å². The zero-order chi connectivity index (χ0) is 17.5. The first-order valence-electron chi connectivity index (χ1n) is 7.68. The Balaban J connectivity index is 2.18. The lowest BCUT2D eigenvalue weighted by atomic mass is 9.99. The quantitative estimate of drug-likeness (QED) is 0.545. The SMILES string of the molecule is CCOC(=O)CCC(=O)c1ccc(-c2ccc(Cl)cc2)cc1OC. The third-order valence-corrected chi connectivity index (χ3v) is 3.79. The van der Waals surface area contributed by atoms with Crippen molar-refractivity contribution in [3.8, 4) is 16.9 Å². The Morgan fingerprint density at radius 2 is 1.67 bits per heavy atom. The number of halogens is 1. The Labute approximate surface area is 146 Å². The molecule has 0 aromatic heterocycles. The molecule has 0 aliphatic rings. The number of benzene rings is 2. The molecule has 0 unspecified atom stereocenters. The summed E-state index contributed by atoms with van der Waals surface area (Å²) in [7, 11) is 1.52. The monoisotopic (exact) mass is 346 g/mol. The fraction of sp³-hybridized carbons (Fsp3) is 0.263. The standard InChI is InChI=1S/C19H19ClO4/c1-3-24-19(22)11-10-17(21)16-9-6-14(12-18(16)23-2)13-4-7-15(20)8-5-13/h4-9,12H,3,10-11H2,1-2H3. The van der Waals surface area contributed by atoms with E-state index in [1.54, 1.807) is 19.1 Å². The molecule has 2 aromatic rings. The lowest BCUT2D eigenvalue weighted by Crippen LogP contribution is -2.09. The number of rotatable bonds is 7. The molecule has 24 heavy (non-hydrogen) atoms. The summed E-state index contributed by atoms with van der Waals surface area (Å²) < 4.78 is 10.2. The highest BCUT2D eigenvalue weighted by Gasteiger charge is 2.15. The molecule has 0 N–H and O–H groups in total. The molecule has 0 amide bonds. The molecular formula is C19H19ClO4. The molecule has 0 saturated carbocycles. The van der Waals surface area contributed by atoms with Crippen molar-refractivity contribution in [2.24, 2.45) is 0 Å². The van der Waals surface area contributed by atoms with Crippen molar-refractivity contribution in [1.29, 1.82) is 0 Å². The average molecular weight is 347 g/mol. The summed E-state index contributed by atoms with van der Waals surface area (Å²) in [5.41, 5.74) is 2.35. The molecule has 2 rings (SSSR count). The van der Waals surface area contributed by atoms with Crippen LogP contribution in [-0.4, -0.2) is 25.5 Å². The maximum atomic E-state index is 12.3. The third-order valence-electron chi connectivity index (χ3n) is 3.54. The Morgan fingerprint density at radius 1 is 1.00 bits per heavy atom. The van der Waals surface area contributed by atoms with Crippen LogP contribution >= 0.6 is 11.6 Å². The largest absolute Gasteiger partial charge is 0.496 e. The van der Waals surface area contributed by atoms with Gasteiger partial charge in [0.05, 0.1) is 25.7 Å². The number of methoxy groups -OCH3 is 1. The van der Waals surface area contributed by atoms with Gasteiger partial charge in [-0.15, -0.1) is 0 Å². The third kappa shape index (κ3) is 4.59. The van der Waals surface area contributed by atoms with Crippen molar-refractivity contribution >= 4 is 23.4 Å². The second-order valence-electron chi connectivity index (χ2n) is 5.15. The zero-order valence-electron chi connectivity index (χ0n) is 13.7. The van der Waals surface area contributed by atoms with Crippen LogP contribution in [0.25, 0.3) is 11.1 Å². The molecule has 0 bridgehead atoms.